The Labute approximate surface area is 323 Å². The van der Waals surface area contributed by atoms with Crippen LogP contribution in [-0.4, -0.2) is 0 Å². The summed E-state index contributed by atoms with van der Waals surface area (Å²) in [6, 6.07) is 65.9. The molecule has 0 saturated carbocycles. The third-order valence-corrected chi connectivity index (χ3v) is 12.9. The number of nitrogens with zero attached hydrogens (tertiary/aromatic N) is 1. The predicted molar refractivity (Wildman–Crippen MR) is 234 cm³/mol. The highest BCUT2D eigenvalue weighted by Crippen LogP contribution is 2.53. The number of hydrogen-bond donors (Lipinski definition) is 0. The van der Waals surface area contributed by atoms with Crippen molar-refractivity contribution in [2.45, 2.75) is 38.5 Å². The first kappa shape index (κ1) is 32.0. The molecular formula is C54H41N. The Morgan fingerprint density at radius 2 is 0.764 bits per heavy atom. The third kappa shape index (κ3) is 4.66. The van der Waals surface area contributed by atoms with Crippen molar-refractivity contribution in [2.75, 3.05) is 4.90 Å². The van der Waals surface area contributed by atoms with E-state index in [1.807, 2.05) is 0 Å². The van der Waals surface area contributed by atoms with E-state index in [-0.39, 0.29) is 10.8 Å². The lowest BCUT2D eigenvalue weighted by Crippen LogP contribution is -2.16. The van der Waals surface area contributed by atoms with Crippen molar-refractivity contribution in [1.29, 1.82) is 0 Å². The Bertz CT molecular complexity index is 2930. The highest BCUT2D eigenvalue weighted by atomic mass is 15.1. The van der Waals surface area contributed by atoms with E-state index in [9.17, 15) is 0 Å². The van der Waals surface area contributed by atoms with Crippen LogP contribution in [0.4, 0.5) is 17.1 Å². The lowest BCUT2D eigenvalue weighted by molar-refractivity contribution is 0.660. The first-order chi connectivity index (χ1) is 26.8. The van der Waals surface area contributed by atoms with Crippen LogP contribution in [0.2, 0.25) is 0 Å². The van der Waals surface area contributed by atoms with Crippen LogP contribution in [0, 0.1) is 0 Å². The molecule has 0 fully saturated rings. The highest BCUT2D eigenvalue weighted by molar-refractivity contribution is 6.17. The maximum atomic E-state index is 2.45. The van der Waals surface area contributed by atoms with Gasteiger partial charge in [-0.25, -0.2) is 0 Å². The second-order valence-electron chi connectivity index (χ2n) is 16.6. The molecule has 9 aromatic rings. The largest absolute Gasteiger partial charge is 0.310 e. The Kier molecular flexibility index (Phi) is 6.72. The van der Waals surface area contributed by atoms with Crippen LogP contribution >= 0.6 is 0 Å². The van der Waals surface area contributed by atoms with E-state index < -0.39 is 0 Å². The van der Waals surface area contributed by atoms with Crippen LogP contribution in [-0.2, 0) is 10.8 Å². The summed E-state index contributed by atoms with van der Waals surface area (Å²) < 4.78 is 0. The molecule has 55 heavy (non-hydrogen) atoms. The van der Waals surface area contributed by atoms with Gasteiger partial charge in [0.25, 0.3) is 0 Å². The molecule has 0 amide bonds. The monoisotopic (exact) mass is 703 g/mol. The Balaban J connectivity index is 1.03. The Hall–Kier alpha value is -6.44. The fourth-order valence-electron chi connectivity index (χ4n) is 9.95. The van der Waals surface area contributed by atoms with E-state index in [1.54, 1.807) is 0 Å². The van der Waals surface area contributed by atoms with Crippen LogP contribution in [0.3, 0.4) is 0 Å². The summed E-state index contributed by atoms with van der Waals surface area (Å²) >= 11 is 0. The van der Waals surface area contributed by atoms with Gasteiger partial charge < -0.3 is 4.90 Å². The number of fused-ring (bicyclic) bond motifs is 11. The van der Waals surface area contributed by atoms with Gasteiger partial charge in [-0.15, -0.1) is 0 Å². The molecule has 262 valence electrons. The van der Waals surface area contributed by atoms with E-state index in [0.717, 1.165) is 17.1 Å². The van der Waals surface area contributed by atoms with Crippen LogP contribution in [0.1, 0.15) is 49.9 Å². The zero-order valence-electron chi connectivity index (χ0n) is 31.7. The Morgan fingerprint density at radius 1 is 0.309 bits per heavy atom. The standard InChI is InChI=1S/C54H41N/c1-53(2)49-15-9-7-13-45(49)47-32-39(24-29-51(47)53)55(40-25-30-52-48(33-40)46-14-8-10-16-50(46)54(52,3)4)38-22-17-34(18-23-38)36-20-26-42-37(31-36)21-28-43-41-12-6-5-11-35(41)19-27-44(42)43/h5-33H,1-4H3. The fourth-order valence-corrected chi connectivity index (χ4v) is 9.95. The Morgan fingerprint density at radius 3 is 1.38 bits per heavy atom. The fraction of sp³-hybridized carbons (Fsp3) is 0.111. The van der Waals surface area contributed by atoms with Crippen molar-refractivity contribution in [1.82, 2.24) is 0 Å². The van der Waals surface area contributed by atoms with Gasteiger partial charge in [-0.3, -0.25) is 0 Å². The van der Waals surface area contributed by atoms with Gasteiger partial charge in [-0.2, -0.15) is 0 Å². The second-order valence-corrected chi connectivity index (χ2v) is 16.6. The summed E-state index contributed by atoms with van der Waals surface area (Å²) in [5.74, 6) is 0. The number of hydrogen-bond acceptors (Lipinski definition) is 1. The quantitative estimate of drug-likeness (QED) is 0.165. The molecule has 0 spiro atoms. The summed E-state index contributed by atoms with van der Waals surface area (Å²) in [6.45, 7) is 9.41. The van der Waals surface area contributed by atoms with Crippen LogP contribution in [0.15, 0.2) is 176 Å². The summed E-state index contributed by atoms with van der Waals surface area (Å²) in [7, 11) is 0. The number of benzene rings is 9. The molecule has 0 atom stereocenters. The van der Waals surface area contributed by atoms with Gasteiger partial charge in [0.05, 0.1) is 0 Å². The molecule has 1 nitrogen and oxygen atoms in total. The number of anilines is 3. The molecule has 0 aromatic heterocycles. The average molecular weight is 704 g/mol. The summed E-state index contributed by atoms with van der Waals surface area (Å²) in [5, 5.41) is 7.74. The maximum Gasteiger partial charge on any atom is 0.0468 e. The van der Waals surface area contributed by atoms with E-state index in [4.69, 9.17) is 0 Å². The SMILES string of the molecule is CC1(C)c2ccccc2-c2cc(N(c3ccc(-c4ccc5c(ccc6c7ccccc7ccc56)c4)cc3)c3ccc4c(c3)-c3ccccc3C4(C)C)ccc21. The predicted octanol–water partition coefficient (Wildman–Crippen LogP) is 14.9. The van der Waals surface area contributed by atoms with Crippen molar-refractivity contribution in [3.8, 4) is 33.4 Å². The van der Waals surface area contributed by atoms with Gasteiger partial charge >= 0.3 is 0 Å². The zero-order chi connectivity index (χ0) is 37.1. The molecule has 0 N–H and O–H groups in total. The van der Waals surface area contributed by atoms with Gasteiger partial charge in [-0.05, 0) is 130 Å². The molecular weight excluding hydrogens is 663 g/mol. The molecule has 11 rings (SSSR count). The zero-order valence-corrected chi connectivity index (χ0v) is 31.7. The molecule has 2 aliphatic carbocycles. The minimum Gasteiger partial charge on any atom is -0.310 e. The molecule has 0 bridgehead atoms. The van der Waals surface area contributed by atoms with Gasteiger partial charge in [0.15, 0.2) is 0 Å². The van der Waals surface area contributed by atoms with Crippen LogP contribution < -0.4 is 4.90 Å². The third-order valence-electron chi connectivity index (χ3n) is 12.9. The molecule has 1 heteroatoms. The molecule has 0 saturated heterocycles. The average Bonchev–Trinajstić information content (AvgIpc) is 3.59. The van der Waals surface area contributed by atoms with Crippen molar-refractivity contribution < 1.29 is 0 Å². The molecule has 0 radical (unpaired) electrons. The van der Waals surface area contributed by atoms with Crippen LogP contribution in [0.5, 0.6) is 0 Å². The molecule has 0 aliphatic heterocycles. The molecule has 9 aromatic carbocycles. The second kappa shape index (κ2) is 11.5. The molecule has 2 aliphatic rings. The normalized spacial score (nSPS) is 14.5. The van der Waals surface area contributed by atoms with Crippen molar-refractivity contribution in [3.63, 3.8) is 0 Å². The molecule has 0 heterocycles. The lowest BCUT2D eigenvalue weighted by atomic mass is 9.82. The van der Waals surface area contributed by atoms with Gasteiger partial charge in [0.2, 0.25) is 0 Å². The minimum atomic E-state index is -0.0419. The van der Waals surface area contributed by atoms with Gasteiger partial charge in [0, 0.05) is 27.9 Å². The maximum absolute atomic E-state index is 2.45. The van der Waals surface area contributed by atoms with E-state index in [2.05, 4.69) is 209 Å². The van der Waals surface area contributed by atoms with Crippen molar-refractivity contribution >= 4 is 49.4 Å². The minimum absolute atomic E-state index is 0.0419. The smallest absolute Gasteiger partial charge is 0.0468 e. The van der Waals surface area contributed by atoms with E-state index in [1.165, 1.54) is 88.0 Å². The van der Waals surface area contributed by atoms with E-state index in [0.29, 0.717) is 0 Å². The first-order valence-corrected chi connectivity index (χ1v) is 19.5. The molecule has 0 unspecified atom stereocenters. The van der Waals surface area contributed by atoms with Crippen molar-refractivity contribution in [2.24, 2.45) is 0 Å². The summed E-state index contributed by atoms with van der Waals surface area (Å²) in [4.78, 5) is 2.45. The summed E-state index contributed by atoms with van der Waals surface area (Å²) in [5.41, 5.74) is 16.7. The van der Waals surface area contributed by atoms with Crippen LogP contribution in [0.25, 0.3) is 65.7 Å². The number of rotatable bonds is 4. The highest BCUT2D eigenvalue weighted by Gasteiger charge is 2.37. The van der Waals surface area contributed by atoms with Gasteiger partial charge in [-0.1, -0.05) is 161 Å². The first-order valence-electron chi connectivity index (χ1n) is 19.5. The van der Waals surface area contributed by atoms with Crippen molar-refractivity contribution in [3.05, 3.63) is 198 Å². The summed E-state index contributed by atoms with van der Waals surface area (Å²) in [6.07, 6.45) is 0. The van der Waals surface area contributed by atoms with E-state index >= 15 is 0 Å². The topological polar surface area (TPSA) is 3.24 Å². The van der Waals surface area contributed by atoms with Gasteiger partial charge in [0.1, 0.15) is 0 Å². The lowest BCUT2D eigenvalue weighted by Gasteiger charge is -2.28.